The van der Waals surface area contributed by atoms with Crippen molar-refractivity contribution >= 4 is 32.7 Å². The van der Waals surface area contributed by atoms with Crippen LogP contribution in [0.25, 0.3) is 21.7 Å². The van der Waals surface area contributed by atoms with Crippen LogP contribution in [0.1, 0.15) is 29.5 Å². The van der Waals surface area contributed by atoms with Gasteiger partial charge in [0.05, 0.1) is 19.2 Å². The summed E-state index contributed by atoms with van der Waals surface area (Å²) in [5, 5.41) is 3.41. The minimum absolute atomic E-state index is 0.0333. The van der Waals surface area contributed by atoms with Gasteiger partial charge in [-0.1, -0.05) is 72.0 Å². The topological polar surface area (TPSA) is 89.3 Å². The molecule has 0 bridgehead atoms. The Morgan fingerprint density at radius 1 is 1.00 bits per heavy atom. The van der Waals surface area contributed by atoms with Gasteiger partial charge < -0.3 is 15.0 Å². The number of alkyl halides is 3. The zero-order valence-corrected chi connectivity index (χ0v) is 24.5. The number of aromatic nitrogens is 3. The molecule has 3 heterocycles. The number of benzene rings is 3. The monoisotopic (exact) mass is 619 g/mol. The van der Waals surface area contributed by atoms with Gasteiger partial charge in [0.25, 0.3) is 5.56 Å². The zero-order valence-electron chi connectivity index (χ0n) is 23.7. The van der Waals surface area contributed by atoms with Crippen LogP contribution in [-0.4, -0.2) is 40.1 Å². The van der Waals surface area contributed by atoms with Gasteiger partial charge in [-0.15, -0.1) is 0 Å². The number of ether oxygens (including phenoxy) is 1. The predicted octanol–water partition coefficient (Wildman–Crippen LogP) is 5.88. The maximum Gasteiger partial charge on any atom is 0.417 e. The van der Waals surface area contributed by atoms with Crippen molar-refractivity contribution in [2.24, 2.45) is 0 Å². The highest BCUT2D eigenvalue weighted by Crippen LogP contribution is 2.38. The number of carbonyl (C=O) groups is 1. The molecule has 0 saturated carbocycles. The van der Waals surface area contributed by atoms with E-state index in [0.29, 0.717) is 36.0 Å². The molecule has 1 aliphatic rings. The van der Waals surface area contributed by atoms with Crippen molar-refractivity contribution in [3.05, 3.63) is 106 Å². The van der Waals surface area contributed by atoms with E-state index in [4.69, 9.17) is 4.74 Å². The molecule has 0 unspecified atom stereocenters. The second-order valence-corrected chi connectivity index (χ2v) is 11.4. The molecule has 226 valence electrons. The normalized spacial score (nSPS) is 15.1. The molecule has 8 nitrogen and oxygen atoms in total. The summed E-state index contributed by atoms with van der Waals surface area (Å²) in [6.45, 7) is 0.894. The van der Waals surface area contributed by atoms with Gasteiger partial charge in [-0.3, -0.25) is 14.2 Å². The maximum atomic E-state index is 14.1. The van der Waals surface area contributed by atoms with Crippen LogP contribution < -0.4 is 20.5 Å². The first-order valence-electron chi connectivity index (χ1n) is 14.0. The van der Waals surface area contributed by atoms with Crippen LogP contribution in [0, 0.1) is 0 Å². The molecular formula is C32H28F3N5O3S. The zero-order chi connectivity index (χ0) is 30.8. The fraction of sp³-hybridized carbons (Fsp3) is 0.250. The molecule has 1 saturated heterocycles. The first-order chi connectivity index (χ1) is 21.2. The molecule has 1 fully saturated rings. The Hall–Kier alpha value is -4.71. The Balaban J connectivity index is 1.40. The molecule has 0 radical (unpaired) electrons. The lowest BCUT2D eigenvalue weighted by Gasteiger charge is -2.23. The highest BCUT2D eigenvalue weighted by atomic mass is 32.1. The molecule has 1 atom stereocenters. The SMILES string of the molecule is COc1ccc(Cn2c(-c3ccccc3C(F)(F)F)nc3sc(N4CCC[C@@H]4C(=O)NCc4ccccc4)nc3c2=O)cc1. The maximum absolute atomic E-state index is 14.1. The van der Waals surface area contributed by atoms with E-state index in [-0.39, 0.29) is 34.2 Å². The lowest BCUT2D eigenvalue weighted by atomic mass is 10.1. The number of methoxy groups -OCH3 is 1. The highest BCUT2D eigenvalue weighted by molar-refractivity contribution is 7.21. The van der Waals surface area contributed by atoms with Crippen LogP contribution >= 0.6 is 11.3 Å². The average molecular weight is 620 g/mol. The summed E-state index contributed by atoms with van der Waals surface area (Å²) in [4.78, 5) is 38.4. The third kappa shape index (κ3) is 5.89. The summed E-state index contributed by atoms with van der Waals surface area (Å²) in [6, 6.07) is 21.1. The van der Waals surface area contributed by atoms with Crippen molar-refractivity contribution in [3.63, 3.8) is 0 Å². The second kappa shape index (κ2) is 12.1. The molecule has 1 amide bonds. The Bertz CT molecular complexity index is 1860. The Kier molecular flexibility index (Phi) is 8.09. The summed E-state index contributed by atoms with van der Waals surface area (Å²) in [5.41, 5.74) is 0.0197. The van der Waals surface area contributed by atoms with Crippen LogP contribution in [0.4, 0.5) is 18.3 Å². The van der Waals surface area contributed by atoms with E-state index in [2.05, 4.69) is 15.3 Å². The van der Waals surface area contributed by atoms with E-state index >= 15 is 0 Å². The molecule has 5 aromatic rings. The van der Waals surface area contributed by atoms with Crippen LogP contribution in [0.2, 0.25) is 0 Å². The number of carbonyl (C=O) groups excluding carboxylic acids is 1. The molecule has 1 aliphatic heterocycles. The highest BCUT2D eigenvalue weighted by Gasteiger charge is 2.36. The molecule has 12 heteroatoms. The number of hydrogen-bond acceptors (Lipinski definition) is 7. The Morgan fingerprint density at radius 3 is 2.45 bits per heavy atom. The Morgan fingerprint density at radius 2 is 1.73 bits per heavy atom. The van der Waals surface area contributed by atoms with Gasteiger partial charge in [0.2, 0.25) is 5.91 Å². The fourth-order valence-electron chi connectivity index (χ4n) is 5.38. The van der Waals surface area contributed by atoms with E-state index < -0.39 is 23.3 Å². The second-order valence-electron chi connectivity index (χ2n) is 10.4. The van der Waals surface area contributed by atoms with Crippen molar-refractivity contribution in [2.45, 2.75) is 38.1 Å². The molecule has 0 spiro atoms. The predicted molar refractivity (Wildman–Crippen MR) is 163 cm³/mol. The molecule has 44 heavy (non-hydrogen) atoms. The number of nitrogens with zero attached hydrogens (tertiary/aromatic N) is 4. The number of nitrogens with one attached hydrogen (secondary N) is 1. The number of fused-ring (bicyclic) bond motifs is 1. The van der Waals surface area contributed by atoms with E-state index in [1.807, 2.05) is 35.2 Å². The molecule has 6 rings (SSSR count). The van der Waals surface area contributed by atoms with Crippen molar-refractivity contribution in [1.82, 2.24) is 19.9 Å². The van der Waals surface area contributed by atoms with Crippen molar-refractivity contribution in [3.8, 4) is 17.1 Å². The van der Waals surface area contributed by atoms with Crippen LogP contribution in [-0.2, 0) is 24.1 Å². The quantitative estimate of drug-likeness (QED) is 0.233. The standard InChI is InChI=1S/C32H28F3N5O3S/c1-43-22-15-13-21(14-16-22)19-40-27(23-10-5-6-11-24(23)32(33,34)35)38-29-26(30(40)42)37-31(44-29)39-17-7-12-25(39)28(41)36-18-20-8-3-2-4-9-20/h2-6,8-11,13-16,25H,7,12,17-19H2,1H3,(H,36,41)/t25-/m1/s1. The summed E-state index contributed by atoms with van der Waals surface area (Å²) in [5.74, 6) is 0.338. The third-order valence-electron chi connectivity index (χ3n) is 7.59. The number of anilines is 1. The number of halogens is 3. The smallest absolute Gasteiger partial charge is 0.417 e. The van der Waals surface area contributed by atoms with Crippen molar-refractivity contribution in [1.29, 1.82) is 0 Å². The van der Waals surface area contributed by atoms with Crippen LogP contribution in [0.15, 0.2) is 83.7 Å². The summed E-state index contributed by atoms with van der Waals surface area (Å²) >= 11 is 1.10. The first-order valence-corrected chi connectivity index (χ1v) is 14.8. The van der Waals surface area contributed by atoms with Gasteiger partial charge >= 0.3 is 6.18 Å². The van der Waals surface area contributed by atoms with E-state index in [9.17, 15) is 22.8 Å². The van der Waals surface area contributed by atoms with Gasteiger partial charge in [0.1, 0.15) is 17.6 Å². The largest absolute Gasteiger partial charge is 0.497 e. The van der Waals surface area contributed by atoms with Crippen molar-refractivity contribution in [2.75, 3.05) is 18.6 Å². The number of hydrogen-bond donors (Lipinski definition) is 1. The van der Waals surface area contributed by atoms with Crippen LogP contribution in [0.5, 0.6) is 5.75 Å². The summed E-state index contributed by atoms with van der Waals surface area (Å²) in [7, 11) is 1.53. The summed E-state index contributed by atoms with van der Waals surface area (Å²) in [6.07, 6.45) is -3.31. The molecule has 3 aromatic carbocycles. The average Bonchev–Trinajstić information content (AvgIpc) is 3.69. The summed E-state index contributed by atoms with van der Waals surface area (Å²) < 4.78 is 48.8. The minimum Gasteiger partial charge on any atom is -0.497 e. The van der Waals surface area contributed by atoms with E-state index in [1.165, 1.54) is 29.9 Å². The van der Waals surface area contributed by atoms with Crippen molar-refractivity contribution < 1.29 is 22.7 Å². The van der Waals surface area contributed by atoms with E-state index in [0.717, 1.165) is 29.4 Å². The minimum atomic E-state index is -4.66. The lowest BCUT2D eigenvalue weighted by molar-refractivity contribution is -0.137. The Labute approximate surface area is 254 Å². The molecule has 0 aliphatic carbocycles. The molecule has 1 N–H and O–H groups in total. The van der Waals surface area contributed by atoms with Crippen LogP contribution in [0.3, 0.4) is 0 Å². The van der Waals surface area contributed by atoms with Gasteiger partial charge in [0.15, 0.2) is 15.5 Å². The molecular weight excluding hydrogens is 591 g/mol. The number of amides is 1. The number of rotatable bonds is 8. The van der Waals surface area contributed by atoms with Gasteiger partial charge in [0, 0.05) is 18.7 Å². The van der Waals surface area contributed by atoms with Gasteiger partial charge in [-0.05, 0) is 42.2 Å². The molecule has 2 aromatic heterocycles. The third-order valence-corrected chi connectivity index (χ3v) is 8.58. The van der Waals surface area contributed by atoms with Gasteiger partial charge in [-0.2, -0.15) is 13.2 Å². The first kappa shape index (κ1) is 29.4. The van der Waals surface area contributed by atoms with E-state index in [1.54, 1.807) is 24.3 Å². The number of thiazole rings is 1. The van der Waals surface area contributed by atoms with Gasteiger partial charge in [-0.25, -0.2) is 9.97 Å². The fourth-order valence-corrected chi connectivity index (χ4v) is 6.39. The lowest BCUT2D eigenvalue weighted by Crippen LogP contribution is -2.43.